The second-order valence-electron chi connectivity index (χ2n) is 5.28. The van der Waals surface area contributed by atoms with Crippen molar-refractivity contribution in [2.75, 3.05) is 26.2 Å². The van der Waals surface area contributed by atoms with Crippen molar-refractivity contribution in [3.8, 4) is 0 Å². The second-order valence-corrected chi connectivity index (χ2v) is 5.28. The molecule has 0 aliphatic carbocycles. The molecule has 0 aromatic heterocycles. The molecule has 1 heterocycles. The van der Waals surface area contributed by atoms with Gasteiger partial charge in [0.2, 0.25) is 0 Å². The van der Waals surface area contributed by atoms with Gasteiger partial charge in [-0.15, -0.1) is 0 Å². The molecule has 0 spiro atoms. The average Bonchev–Trinajstić information content (AvgIpc) is 2.48. The van der Waals surface area contributed by atoms with Crippen LogP contribution in [-0.4, -0.2) is 48.3 Å². The van der Waals surface area contributed by atoms with Crippen molar-refractivity contribution in [2.45, 2.75) is 25.0 Å². The molecule has 0 bridgehead atoms. The Morgan fingerprint density at radius 1 is 1.50 bits per heavy atom. The zero-order valence-corrected chi connectivity index (χ0v) is 11.8. The number of carboxylic acid groups (broad SMARTS) is 1. The number of hydrogen-bond acceptors (Lipinski definition) is 4. The van der Waals surface area contributed by atoms with Gasteiger partial charge in [0.15, 0.2) is 5.54 Å². The van der Waals surface area contributed by atoms with Gasteiger partial charge in [0.05, 0.1) is 12.7 Å². The van der Waals surface area contributed by atoms with Gasteiger partial charge in [0.1, 0.15) is 0 Å². The van der Waals surface area contributed by atoms with E-state index in [1.54, 1.807) is 12.1 Å². The largest absolute Gasteiger partial charge is 0.480 e. The van der Waals surface area contributed by atoms with E-state index in [1.165, 1.54) is 0 Å². The van der Waals surface area contributed by atoms with Gasteiger partial charge >= 0.3 is 5.97 Å². The Hall–Kier alpha value is -1.43. The third-order valence-corrected chi connectivity index (χ3v) is 3.82. The molecule has 1 fully saturated rings. The maximum absolute atomic E-state index is 11.7. The minimum absolute atomic E-state index is 0.164. The topological polar surface area (TPSA) is 75.8 Å². The molecule has 2 rings (SSSR count). The van der Waals surface area contributed by atoms with Crippen molar-refractivity contribution >= 4 is 5.97 Å². The first kappa shape index (κ1) is 15.0. The third-order valence-electron chi connectivity index (χ3n) is 3.82. The quantitative estimate of drug-likeness (QED) is 0.841. The summed E-state index contributed by atoms with van der Waals surface area (Å²) >= 11 is 0. The SMILES string of the molecule is CCC1CN(CC(N)(C(=O)O)c2ccccc2)CCO1. The Labute approximate surface area is 119 Å². The highest BCUT2D eigenvalue weighted by Crippen LogP contribution is 2.21. The normalized spacial score (nSPS) is 23.2. The van der Waals surface area contributed by atoms with Crippen LogP contribution in [0.2, 0.25) is 0 Å². The molecule has 1 aliphatic rings. The van der Waals surface area contributed by atoms with E-state index in [4.69, 9.17) is 10.5 Å². The van der Waals surface area contributed by atoms with Gasteiger partial charge < -0.3 is 15.6 Å². The number of nitrogens with two attached hydrogens (primary N) is 1. The molecule has 1 aromatic carbocycles. The second kappa shape index (κ2) is 6.35. The van der Waals surface area contributed by atoms with Crippen LogP contribution >= 0.6 is 0 Å². The number of rotatable bonds is 5. The van der Waals surface area contributed by atoms with E-state index >= 15 is 0 Å². The standard InChI is InChI=1S/C15H22N2O3/c1-2-13-10-17(8-9-20-13)11-15(16,14(18)19)12-6-4-3-5-7-12/h3-7,13H,2,8-11,16H2,1H3,(H,18,19). The van der Waals surface area contributed by atoms with Crippen molar-refractivity contribution in [3.63, 3.8) is 0 Å². The zero-order chi connectivity index (χ0) is 14.6. The van der Waals surface area contributed by atoms with Crippen LogP contribution in [-0.2, 0) is 15.1 Å². The van der Waals surface area contributed by atoms with E-state index in [0.29, 0.717) is 18.7 Å². The molecule has 20 heavy (non-hydrogen) atoms. The summed E-state index contributed by atoms with van der Waals surface area (Å²) in [4.78, 5) is 13.7. The van der Waals surface area contributed by atoms with Gasteiger partial charge in [-0.1, -0.05) is 37.3 Å². The summed E-state index contributed by atoms with van der Waals surface area (Å²) < 4.78 is 5.61. The molecule has 2 atom stereocenters. The van der Waals surface area contributed by atoms with Crippen LogP contribution in [0.1, 0.15) is 18.9 Å². The summed E-state index contributed by atoms with van der Waals surface area (Å²) in [5.41, 5.74) is 5.45. The molecule has 1 aromatic rings. The van der Waals surface area contributed by atoms with E-state index in [2.05, 4.69) is 11.8 Å². The first-order valence-electron chi connectivity index (χ1n) is 6.98. The number of nitrogens with zero attached hydrogens (tertiary/aromatic N) is 1. The van der Waals surface area contributed by atoms with E-state index in [0.717, 1.165) is 19.5 Å². The van der Waals surface area contributed by atoms with Gasteiger partial charge in [-0.25, -0.2) is 4.79 Å². The molecule has 3 N–H and O–H groups in total. The van der Waals surface area contributed by atoms with Gasteiger partial charge in [-0.3, -0.25) is 4.90 Å². The van der Waals surface area contributed by atoms with Crippen LogP contribution in [0.15, 0.2) is 30.3 Å². The monoisotopic (exact) mass is 278 g/mol. The fourth-order valence-corrected chi connectivity index (χ4v) is 2.54. The fourth-order valence-electron chi connectivity index (χ4n) is 2.54. The lowest BCUT2D eigenvalue weighted by Crippen LogP contribution is -2.56. The van der Waals surface area contributed by atoms with Crippen LogP contribution in [0.3, 0.4) is 0 Å². The molecule has 5 nitrogen and oxygen atoms in total. The average molecular weight is 278 g/mol. The molecule has 0 amide bonds. The zero-order valence-electron chi connectivity index (χ0n) is 11.8. The minimum Gasteiger partial charge on any atom is -0.480 e. The molecule has 110 valence electrons. The van der Waals surface area contributed by atoms with Crippen LogP contribution < -0.4 is 5.73 Å². The number of hydrogen-bond donors (Lipinski definition) is 2. The molecule has 0 radical (unpaired) electrons. The van der Waals surface area contributed by atoms with Gasteiger partial charge in [0, 0.05) is 19.6 Å². The number of carboxylic acids is 1. The highest BCUT2D eigenvalue weighted by atomic mass is 16.5. The van der Waals surface area contributed by atoms with Crippen LogP contribution in [0.5, 0.6) is 0 Å². The third kappa shape index (κ3) is 3.17. The number of ether oxygens (including phenoxy) is 1. The number of morpholine rings is 1. The number of benzene rings is 1. The van der Waals surface area contributed by atoms with Gasteiger partial charge in [-0.05, 0) is 12.0 Å². The molecule has 2 unspecified atom stereocenters. The summed E-state index contributed by atoms with van der Waals surface area (Å²) in [5, 5.41) is 9.56. The Morgan fingerprint density at radius 2 is 2.20 bits per heavy atom. The Balaban J connectivity index is 2.15. The summed E-state index contributed by atoms with van der Waals surface area (Å²) in [6.45, 7) is 4.44. The summed E-state index contributed by atoms with van der Waals surface area (Å²) in [5.74, 6) is -0.997. The maximum Gasteiger partial charge on any atom is 0.329 e. The first-order chi connectivity index (χ1) is 9.56. The fraction of sp³-hybridized carbons (Fsp3) is 0.533. The first-order valence-corrected chi connectivity index (χ1v) is 6.98. The smallest absolute Gasteiger partial charge is 0.329 e. The van der Waals surface area contributed by atoms with E-state index in [1.807, 2.05) is 18.2 Å². The van der Waals surface area contributed by atoms with E-state index in [-0.39, 0.29) is 6.10 Å². The molecular formula is C15H22N2O3. The maximum atomic E-state index is 11.7. The van der Waals surface area contributed by atoms with Crippen molar-refractivity contribution in [1.29, 1.82) is 0 Å². The Bertz CT molecular complexity index is 452. The van der Waals surface area contributed by atoms with Crippen molar-refractivity contribution < 1.29 is 14.6 Å². The van der Waals surface area contributed by atoms with Crippen LogP contribution in [0, 0.1) is 0 Å². The lowest BCUT2D eigenvalue weighted by Gasteiger charge is -2.37. The Morgan fingerprint density at radius 3 is 2.80 bits per heavy atom. The molecule has 1 aliphatic heterocycles. The van der Waals surface area contributed by atoms with E-state index < -0.39 is 11.5 Å². The van der Waals surface area contributed by atoms with Crippen LogP contribution in [0.25, 0.3) is 0 Å². The Kier molecular flexibility index (Phi) is 4.75. The van der Waals surface area contributed by atoms with E-state index in [9.17, 15) is 9.90 Å². The highest BCUT2D eigenvalue weighted by molar-refractivity contribution is 5.80. The predicted molar refractivity (Wildman–Crippen MR) is 76.4 cm³/mol. The van der Waals surface area contributed by atoms with Crippen molar-refractivity contribution in [1.82, 2.24) is 4.90 Å². The summed E-state index contributed by atoms with van der Waals surface area (Å²) in [6.07, 6.45) is 1.09. The number of carbonyl (C=O) groups is 1. The molecule has 1 saturated heterocycles. The van der Waals surface area contributed by atoms with Gasteiger partial charge in [0.25, 0.3) is 0 Å². The minimum atomic E-state index is -1.38. The molecule has 0 saturated carbocycles. The van der Waals surface area contributed by atoms with Crippen LogP contribution in [0.4, 0.5) is 0 Å². The lowest BCUT2D eigenvalue weighted by molar-refractivity contribution is -0.145. The van der Waals surface area contributed by atoms with Gasteiger partial charge in [-0.2, -0.15) is 0 Å². The highest BCUT2D eigenvalue weighted by Gasteiger charge is 2.38. The predicted octanol–water partition coefficient (Wildman–Crippen LogP) is 1.04. The lowest BCUT2D eigenvalue weighted by atomic mass is 9.90. The van der Waals surface area contributed by atoms with Crippen molar-refractivity contribution in [3.05, 3.63) is 35.9 Å². The van der Waals surface area contributed by atoms with Crippen molar-refractivity contribution in [2.24, 2.45) is 5.73 Å². The summed E-state index contributed by atoms with van der Waals surface area (Å²) in [6, 6.07) is 9.02. The molecular weight excluding hydrogens is 256 g/mol. The molecule has 5 heteroatoms. The summed E-state index contributed by atoms with van der Waals surface area (Å²) in [7, 11) is 0. The number of aliphatic carboxylic acids is 1.